The average Bonchev–Trinajstić information content (AvgIpc) is 2.27. The van der Waals surface area contributed by atoms with Gasteiger partial charge in [-0.3, -0.25) is 9.59 Å². The van der Waals surface area contributed by atoms with Crippen molar-refractivity contribution in [3.63, 3.8) is 0 Å². The topological polar surface area (TPSA) is 104 Å². The fourth-order valence-corrected chi connectivity index (χ4v) is 1.90. The molecule has 0 spiro atoms. The summed E-state index contributed by atoms with van der Waals surface area (Å²) in [5.41, 5.74) is 4.99. The summed E-state index contributed by atoms with van der Waals surface area (Å²) in [6.07, 6.45) is 1.24. The van der Waals surface area contributed by atoms with E-state index in [0.717, 1.165) is 0 Å². The molecule has 3 amide bonds. The number of likely N-dealkylation sites (tertiary alicyclic amines) is 1. The summed E-state index contributed by atoms with van der Waals surface area (Å²) in [6.45, 7) is 0.552. The first kappa shape index (κ1) is 13.3. The van der Waals surface area contributed by atoms with Crippen LogP contribution in [0.1, 0.15) is 12.8 Å². The minimum atomic E-state index is -0.889. The zero-order valence-electron chi connectivity index (χ0n) is 9.76. The molecule has 1 rings (SSSR count). The summed E-state index contributed by atoms with van der Waals surface area (Å²) in [6, 6.07) is -0.352. The van der Waals surface area contributed by atoms with E-state index in [9.17, 15) is 14.4 Å². The van der Waals surface area contributed by atoms with Crippen LogP contribution >= 0.6 is 0 Å². The summed E-state index contributed by atoms with van der Waals surface area (Å²) < 4.78 is 0. The molecule has 0 radical (unpaired) electrons. The first-order valence-corrected chi connectivity index (χ1v) is 5.43. The second-order valence-electron chi connectivity index (χ2n) is 4.23. The molecule has 96 valence electrons. The van der Waals surface area contributed by atoms with E-state index in [1.807, 2.05) is 0 Å². The van der Waals surface area contributed by atoms with E-state index in [4.69, 9.17) is 10.8 Å². The van der Waals surface area contributed by atoms with E-state index >= 15 is 0 Å². The highest BCUT2D eigenvalue weighted by molar-refractivity contribution is 5.83. The van der Waals surface area contributed by atoms with Gasteiger partial charge in [0.25, 0.3) is 0 Å². The number of nitrogens with zero attached hydrogens (tertiary/aromatic N) is 2. The Hall–Kier alpha value is -1.79. The summed E-state index contributed by atoms with van der Waals surface area (Å²) >= 11 is 0. The van der Waals surface area contributed by atoms with Crippen molar-refractivity contribution in [1.29, 1.82) is 0 Å². The van der Waals surface area contributed by atoms with Gasteiger partial charge in [-0.15, -0.1) is 0 Å². The Kier molecular flexibility index (Phi) is 4.30. The van der Waals surface area contributed by atoms with Crippen molar-refractivity contribution in [2.24, 2.45) is 11.7 Å². The molecule has 1 aliphatic heterocycles. The number of piperidine rings is 1. The first-order valence-electron chi connectivity index (χ1n) is 5.43. The van der Waals surface area contributed by atoms with Crippen LogP contribution in [0.3, 0.4) is 0 Å². The molecule has 1 atom stereocenters. The van der Waals surface area contributed by atoms with Crippen LogP contribution in [0.4, 0.5) is 4.79 Å². The Bertz CT molecular complexity index is 332. The predicted octanol–water partition coefficient (Wildman–Crippen LogP) is -0.680. The van der Waals surface area contributed by atoms with E-state index in [2.05, 4.69) is 0 Å². The number of carboxylic acid groups (broad SMARTS) is 1. The molecule has 1 aliphatic rings. The maximum atomic E-state index is 11.9. The maximum Gasteiger partial charge on any atom is 0.320 e. The number of carboxylic acids is 1. The third-order valence-corrected chi connectivity index (χ3v) is 2.76. The van der Waals surface area contributed by atoms with E-state index in [0.29, 0.717) is 19.4 Å². The van der Waals surface area contributed by atoms with Gasteiger partial charge in [-0.1, -0.05) is 0 Å². The zero-order chi connectivity index (χ0) is 13.0. The molecule has 0 aromatic carbocycles. The van der Waals surface area contributed by atoms with Gasteiger partial charge in [0.05, 0.1) is 5.92 Å². The molecule has 1 fully saturated rings. The number of likely N-dealkylation sites (N-methyl/N-ethyl adjacent to an activating group) is 1. The molecule has 17 heavy (non-hydrogen) atoms. The molecule has 0 aliphatic carbocycles. The lowest BCUT2D eigenvalue weighted by Gasteiger charge is -2.33. The van der Waals surface area contributed by atoms with Crippen molar-refractivity contribution in [2.75, 3.05) is 26.7 Å². The van der Waals surface area contributed by atoms with Crippen molar-refractivity contribution in [1.82, 2.24) is 9.80 Å². The van der Waals surface area contributed by atoms with Gasteiger partial charge in [0.15, 0.2) is 0 Å². The fourth-order valence-electron chi connectivity index (χ4n) is 1.90. The van der Waals surface area contributed by atoms with Crippen LogP contribution in [0.25, 0.3) is 0 Å². The van der Waals surface area contributed by atoms with Crippen molar-refractivity contribution in [3.05, 3.63) is 0 Å². The summed E-state index contributed by atoms with van der Waals surface area (Å²) in [5, 5.41) is 8.90. The van der Waals surface area contributed by atoms with E-state index in [1.54, 1.807) is 0 Å². The van der Waals surface area contributed by atoms with E-state index in [-0.39, 0.29) is 19.1 Å². The molecule has 1 heterocycles. The van der Waals surface area contributed by atoms with Crippen LogP contribution < -0.4 is 5.73 Å². The number of hydrogen-bond acceptors (Lipinski definition) is 3. The fraction of sp³-hybridized carbons (Fsp3) is 0.700. The number of carbonyl (C=O) groups excluding carboxylic acids is 2. The minimum Gasteiger partial charge on any atom is -0.481 e. The molecule has 1 saturated heterocycles. The monoisotopic (exact) mass is 243 g/mol. The lowest BCUT2D eigenvalue weighted by atomic mass is 9.99. The SMILES string of the molecule is CN(CC(N)=O)C(=O)N1CCCC(C(=O)O)C1. The van der Waals surface area contributed by atoms with Crippen molar-refractivity contribution >= 4 is 17.9 Å². The standard InChI is InChI=1S/C10H17N3O4/c1-12(6-8(11)14)10(17)13-4-2-3-7(5-13)9(15)16/h7H,2-6H2,1H3,(H2,11,14)(H,15,16). The maximum absolute atomic E-state index is 11.9. The molecular weight excluding hydrogens is 226 g/mol. The molecule has 0 saturated carbocycles. The van der Waals surface area contributed by atoms with Gasteiger partial charge in [-0.05, 0) is 12.8 Å². The highest BCUT2D eigenvalue weighted by Crippen LogP contribution is 2.17. The van der Waals surface area contributed by atoms with Crippen LogP contribution in [0.2, 0.25) is 0 Å². The number of primary amides is 1. The molecule has 1 unspecified atom stereocenters. The Labute approximate surface area is 99.2 Å². The lowest BCUT2D eigenvalue weighted by molar-refractivity contribution is -0.143. The van der Waals surface area contributed by atoms with Gasteiger partial charge in [0.1, 0.15) is 6.54 Å². The second kappa shape index (κ2) is 5.51. The first-order chi connectivity index (χ1) is 7.91. The van der Waals surface area contributed by atoms with E-state index in [1.165, 1.54) is 16.8 Å². The van der Waals surface area contributed by atoms with Crippen LogP contribution in [0, 0.1) is 5.92 Å². The van der Waals surface area contributed by atoms with Crippen LogP contribution in [0.15, 0.2) is 0 Å². The van der Waals surface area contributed by atoms with Gasteiger partial charge in [-0.25, -0.2) is 4.79 Å². The number of aliphatic carboxylic acids is 1. The number of nitrogens with two attached hydrogens (primary N) is 1. The highest BCUT2D eigenvalue weighted by Gasteiger charge is 2.29. The molecule has 7 nitrogen and oxygen atoms in total. The number of hydrogen-bond donors (Lipinski definition) is 2. The Morgan fingerprint density at radius 1 is 1.47 bits per heavy atom. The highest BCUT2D eigenvalue weighted by atomic mass is 16.4. The van der Waals surface area contributed by atoms with Gasteiger partial charge < -0.3 is 20.6 Å². The molecule has 0 aromatic rings. The van der Waals surface area contributed by atoms with Gasteiger partial charge in [0, 0.05) is 20.1 Å². The lowest BCUT2D eigenvalue weighted by Crippen LogP contribution is -2.49. The Morgan fingerprint density at radius 3 is 2.65 bits per heavy atom. The largest absolute Gasteiger partial charge is 0.481 e. The Balaban J connectivity index is 2.57. The zero-order valence-corrected chi connectivity index (χ0v) is 9.76. The van der Waals surface area contributed by atoms with Gasteiger partial charge >= 0.3 is 12.0 Å². The van der Waals surface area contributed by atoms with Crippen LogP contribution in [0.5, 0.6) is 0 Å². The Morgan fingerprint density at radius 2 is 2.12 bits per heavy atom. The molecule has 0 aromatic heterocycles. The summed E-state index contributed by atoms with van der Waals surface area (Å²) in [4.78, 5) is 36.0. The molecular formula is C10H17N3O4. The third kappa shape index (κ3) is 3.61. The number of carbonyl (C=O) groups is 3. The summed E-state index contributed by atoms with van der Waals surface area (Å²) in [7, 11) is 1.47. The predicted molar refractivity (Wildman–Crippen MR) is 59.2 cm³/mol. The minimum absolute atomic E-state index is 0.160. The third-order valence-electron chi connectivity index (χ3n) is 2.76. The van der Waals surface area contributed by atoms with Gasteiger partial charge in [0.2, 0.25) is 5.91 Å². The van der Waals surface area contributed by atoms with Gasteiger partial charge in [-0.2, -0.15) is 0 Å². The van der Waals surface area contributed by atoms with Crippen molar-refractivity contribution in [2.45, 2.75) is 12.8 Å². The summed E-state index contributed by atoms with van der Waals surface area (Å²) in [5.74, 6) is -2.00. The van der Waals surface area contributed by atoms with E-state index < -0.39 is 17.8 Å². The number of rotatable bonds is 3. The quantitative estimate of drug-likeness (QED) is 0.685. The van der Waals surface area contributed by atoms with Crippen molar-refractivity contribution in [3.8, 4) is 0 Å². The number of urea groups is 1. The smallest absolute Gasteiger partial charge is 0.320 e. The molecule has 3 N–H and O–H groups in total. The second-order valence-corrected chi connectivity index (χ2v) is 4.23. The normalized spacial score (nSPS) is 19.8. The van der Waals surface area contributed by atoms with Crippen LogP contribution in [-0.2, 0) is 9.59 Å². The van der Waals surface area contributed by atoms with Crippen LogP contribution in [-0.4, -0.2) is 59.5 Å². The molecule has 0 bridgehead atoms. The molecule has 7 heteroatoms. The average molecular weight is 243 g/mol. The van der Waals surface area contributed by atoms with Crippen molar-refractivity contribution < 1.29 is 19.5 Å². The number of amides is 3.